The molecule has 1 unspecified atom stereocenters. The van der Waals surface area contributed by atoms with Crippen LogP contribution in [-0.4, -0.2) is 64.3 Å². The number of carbonyl (C=O) groups is 1. The number of aromatic nitrogens is 1. The second-order valence-corrected chi connectivity index (χ2v) is 10.2. The van der Waals surface area contributed by atoms with Gasteiger partial charge in [-0.05, 0) is 80.9 Å². The Morgan fingerprint density at radius 3 is 2.64 bits per heavy atom. The summed E-state index contributed by atoms with van der Waals surface area (Å²) in [5, 5.41) is 12.8. The van der Waals surface area contributed by atoms with Gasteiger partial charge in [0.1, 0.15) is 11.5 Å². The number of oxime groups is 1. The number of aryl methyl sites for hydroxylation is 1. The molecule has 1 aliphatic carbocycles. The molecular weight excluding hydrogens is 452 g/mol. The lowest BCUT2D eigenvalue weighted by Gasteiger charge is -2.33. The van der Waals surface area contributed by atoms with Crippen molar-refractivity contribution in [3.63, 3.8) is 0 Å². The first-order valence-corrected chi connectivity index (χ1v) is 13.1. The monoisotopic (exact) mass is 484 g/mol. The van der Waals surface area contributed by atoms with Gasteiger partial charge in [0, 0.05) is 48.1 Å². The van der Waals surface area contributed by atoms with Crippen molar-refractivity contribution in [1.82, 2.24) is 14.8 Å². The van der Waals surface area contributed by atoms with E-state index in [0.717, 1.165) is 84.8 Å². The molecule has 6 rings (SSSR count). The molecule has 36 heavy (non-hydrogen) atoms. The smallest absolute Gasteiger partial charge is 0.236 e. The molecule has 1 aromatic carbocycles. The van der Waals surface area contributed by atoms with E-state index < -0.39 is 0 Å². The Morgan fingerprint density at radius 1 is 1.00 bits per heavy atom. The molecule has 2 saturated heterocycles. The summed E-state index contributed by atoms with van der Waals surface area (Å²) in [5.41, 5.74) is 6.10. The molecule has 1 atom stereocenters. The Morgan fingerprint density at radius 2 is 1.83 bits per heavy atom. The standard InChI is InChI=1S/C29H32N4O3/c34-28(19-32-13-1-2-14-32)33-15-3-4-23(18-33)27-17-25(29(36-27)20-9-11-30-12-10-20)22-5-7-24-21(16-22)6-8-26(24)31-35/h5,7,9-12,16-17,23,35H,1-4,6,8,13-15,18-19H2. The first kappa shape index (κ1) is 23.0. The van der Waals surface area contributed by atoms with E-state index in [1.807, 2.05) is 17.0 Å². The highest BCUT2D eigenvalue weighted by Crippen LogP contribution is 2.40. The SMILES string of the molecule is O=C(CN1CCCC1)N1CCCC(c2cc(-c3ccc4c(c3)CCC4=NO)c(-c3ccncc3)o2)C1. The zero-order chi connectivity index (χ0) is 24.5. The van der Waals surface area contributed by atoms with Gasteiger partial charge in [0.15, 0.2) is 0 Å². The quantitative estimate of drug-likeness (QED) is 0.410. The van der Waals surface area contributed by atoms with Crippen molar-refractivity contribution in [3.8, 4) is 22.5 Å². The molecule has 2 aromatic heterocycles. The summed E-state index contributed by atoms with van der Waals surface area (Å²) in [6, 6.07) is 12.5. The largest absolute Gasteiger partial charge is 0.460 e. The summed E-state index contributed by atoms with van der Waals surface area (Å²) in [6.07, 6.45) is 9.58. The fourth-order valence-corrected chi connectivity index (χ4v) is 5.95. The molecule has 7 nitrogen and oxygen atoms in total. The van der Waals surface area contributed by atoms with Crippen molar-refractivity contribution in [2.45, 2.75) is 44.4 Å². The molecule has 0 bridgehead atoms. The predicted octanol–water partition coefficient (Wildman–Crippen LogP) is 4.93. The number of likely N-dealkylation sites (tertiary alicyclic amines) is 2. The predicted molar refractivity (Wildman–Crippen MR) is 138 cm³/mol. The fraction of sp³-hybridized carbons (Fsp3) is 0.414. The minimum atomic E-state index is 0.179. The van der Waals surface area contributed by atoms with Crippen molar-refractivity contribution in [2.75, 3.05) is 32.7 Å². The van der Waals surface area contributed by atoms with E-state index >= 15 is 0 Å². The van der Waals surface area contributed by atoms with Crippen LogP contribution in [0.25, 0.3) is 22.5 Å². The van der Waals surface area contributed by atoms with E-state index in [0.29, 0.717) is 13.1 Å². The number of hydrogen-bond acceptors (Lipinski definition) is 6. The maximum Gasteiger partial charge on any atom is 0.236 e. The molecule has 0 saturated carbocycles. The summed E-state index contributed by atoms with van der Waals surface area (Å²) in [7, 11) is 0. The van der Waals surface area contributed by atoms with Crippen LogP contribution in [-0.2, 0) is 11.2 Å². The third kappa shape index (κ3) is 4.44. The Labute approximate surface area is 211 Å². The Kier molecular flexibility index (Phi) is 6.32. The zero-order valence-electron chi connectivity index (χ0n) is 20.5. The molecule has 3 aromatic rings. The van der Waals surface area contributed by atoms with Crippen LogP contribution < -0.4 is 0 Å². The molecule has 0 radical (unpaired) electrons. The van der Waals surface area contributed by atoms with Crippen molar-refractivity contribution in [3.05, 3.63) is 65.7 Å². The van der Waals surface area contributed by atoms with E-state index in [4.69, 9.17) is 4.42 Å². The van der Waals surface area contributed by atoms with Crippen LogP contribution in [0.5, 0.6) is 0 Å². The normalized spacial score (nSPS) is 21.3. The maximum atomic E-state index is 13.0. The lowest BCUT2D eigenvalue weighted by atomic mass is 9.93. The summed E-state index contributed by atoms with van der Waals surface area (Å²) < 4.78 is 6.58. The van der Waals surface area contributed by atoms with E-state index in [2.05, 4.69) is 39.3 Å². The molecule has 1 amide bonds. The van der Waals surface area contributed by atoms with Crippen LogP contribution in [0.15, 0.2) is 58.4 Å². The van der Waals surface area contributed by atoms with E-state index in [1.54, 1.807) is 12.4 Å². The summed E-state index contributed by atoms with van der Waals surface area (Å²) >= 11 is 0. The molecule has 4 heterocycles. The third-order valence-electron chi connectivity index (χ3n) is 7.91. The van der Waals surface area contributed by atoms with Gasteiger partial charge in [0.25, 0.3) is 0 Å². The lowest BCUT2D eigenvalue weighted by molar-refractivity contribution is -0.133. The number of benzene rings is 1. The van der Waals surface area contributed by atoms with Crippen molar-refractivity contribution >= 4 is 11.6 Å². The number of nitrogens with zero attached hydrogens (tertiary/aromatic N) is 4. The molecule has 3 aliphatic rings. The van der Waals surface area contributed by atoms with Gasteiger partial charge in [-0.25, -0.2) is 0 Å². The van der Waals surface area contributed by atoms with Crippen LogP contribution in [0.2, 0.25) is 0 Å². The molecular formula is C29H32N4O3. The average Bonchev–Trinajstić information content (AvgIpc) is 3.68. The molecule has 2 fully saturated rings. The summed E-state index contributed by atoms with van der Waals surface area (Å²) in [6.45, 7) is 4.13. The maximum absolute atomic E-state index is 13.0. The number of amides is 1. The molecule has 186 valence electrons. The number of hydrogen-bond donors (Lipinski definition) is 1. The number of furan rings is 1. The topological polar surface area (TPSA) is 82.2 Å². The van der Waals surface area contributed by atoms with Crippen molar-refractivity contribution in [2.24, 2.45) is 5.16 Å². The number of fused-ring (bicyclic) bond motifs is 1. The van der Waals surface area contributed by atoms with Crippen LogP contribution in [0.3, 0.4) is 0 Å². The van der Waals surface area contributed by atoms with Gasteiger partial charge in [0.05, 0.1) is 12.3 Å². The van der Waals surface area contributed by atoms with Gasteiger partial charge >= 0.3 is 0 Å². The molecule has 1 N–H and O–H groups in total. The van der Waals surface area contributed by atoms with Crippen LogP contribution in [0.1, 0.15) is 54.9 Å². The number of rotatable bonds is 5. The third-order valence-corrected chi connectivity index (χ3v) is 7.91. The van der Waals surface area contributed by atoms with Crippen LogP contribution >= 0.6 is 0 Å². The highest BCUT2D eigenvalue weighted by atomic mass is 16.4. The van der Waals surface area contributed by atoms with E-state index in [1.165, 1.54) is 18.4 Å². The second kappa shape index (κ2) is 9.90. The lowest BCUT2D eigenvalue weighted by Crippen LogP contribution is -2.44. The Balaban J connectivity index is 1.30. The van der Waals surface area contributed by atoms with Crippen molar-refractivity contribution in [1.29, 1.82) is 0 Å². The fourth-order valence-electron chi connectivity index (χ4n) is 5.95. The van der Waals surface area contributed by atoms with Gasteiger partial charge in [0.2, 0.25) is 5.91 Å². The summed E-state index contributed by atoms with van der Waals surface area (Å²) in [5.74, 6) is 2.19. The molecule has 7 heteroatoms. The van der Waals surface area contributed by atoms with Gasteiger partial charge in [-0.15, -0.1) is 0 Å². The first-order valence-electron chi connectivity index (χ1n) is 13.1. The Bertz CT molecular complexity index is 1280. The zero-order valence-corrected chi connectivity index (χ0v) is 20.5. The van der Waals surface area contributed by atoms with Crippen LogP contribution in [0, 0.1) is 0 Å². The summed E-state index contributed by atoms with van der Waals surface area (Å²) in [4.78, 5) is 21.5. The minimum Gasteiger partial charge on any atom is -0.460 e. The van der Waals surface area contributed by atoms with Gasteiger partial charge in [-0.2, -0.15) is 0 Å². The molecule has 2 aliphatic heterocycles. The first-order chi connectivity index (χ1) is 17.7. The van der Waals surface area contributed by atoms with Gasteiger partial charge in [-0.3, -0.25) is 14.7 Å². The highest BCUT2D eigenvalue weighted by Gasteiger charge is 2.30. The number of piperidine rings is 1. The van der Waals surface area contributed by atoms with Gasteiger partial charge in [-0.1, -0.05) is 23.4 Å². The molecule has 0 spiro atoms. The highest BCUT2D eigenvalue weighted by molar-refractivity contribution is 6.04. The van der Waals surface area contributed by atoms with E-state index in [9.17, 15) is 10.0 Å². The Hall–Kier alpha value is -3.45. The van der Waals surface area contributed by atoms with Crippen LogP contribution in [0.4, 0.5) is 0 Å². The second-order valence-electron chi connectivity index (χ2n) is 10.2. The number of pyridine rings is 1. The average molecular weight is 485 g/mol. The minimum absolute atomic E-state index is 0.179. The number of carbonyl (C=O) groups excluding carboxylic acids is 1. The van der Waals surface area contributed by atoms with Crippen molar-refractivity contribution < 1.29 is 14.4 Å². The van der Waals surface area contributed by atoms with Gasteiger partial charge < -0.3 is 14.5 Å². The van der Waals surface area contributed by atoms with E-state index in [-0.39, 0.29) is 11.8 Å².